The SMILES string of the molecule is C[C@@H]1CCC[C@H](C)N1CCCCCc1cccc2[nH]c(=O)c(C3CCC(C(=N)N)C3)cc12. The highest BCUT2D eigenvalue weighted by Crippen LogP contribution is 2.37. The summed E-state index contributed by atoms with van der Waals surface area (Å²) in [5.41, 5.74) is 8.90. The van der Waals surface area contributed by atoms with Gasteiger partial charge in [-0.1, -0.05) is 25.0 Å². The highest BCUT2D eigenvalue weighted by atomic mass is 16.1. The molecule has 174 valence electrons. The van der Waals surface area contributed by atoms with Gasteiger partial charge in [0.2, 0.25) is 0 Å². The Bertz CT molecular complexity index is 987. The van der Waals surface area contributed by atoms with Crippen LogP contribution in [-0.2, 0) is 6.42 Å². The largest absolute Gasteiger partial charge is 0.387 e. The molecule has 2 fully saturated rings. The highest BCUT2D eigenvalue weighted by molar-refractivity contribution is 5.83. The van der Waals surface area contributed by atoms with Crippen molar-refractivity contribution in [1.29, 1.82) is 5.41 Å². The van der Waals surface area contributed by atoms with Crippen molar-refractivity contribution in [3.8, 4) is 0 Å². The first-order valence-electron chi connectivity index (χ1n) is 12.7. The number of rotatable bonds is 8. The minimum Gasteiger partial charge on any atom is -0.387 e. The van der Waals surface area contributed by atoms with Gasteiger partial charge in [0.25, 0.3) is 5.56 Å². The number of fused-ring (bicyclic) bond motifs is 1. The molecule has 1 aliphatic carbocycles. The Balaban J connectivity index is 1.39. The topological polar surface area (TPSA) is 86.0 Å². The molecule has 4 rings (SSSR count). The zero-order valence-corrected chi connectivity index (χ0v) is 19.8. The van der Waals surface area contributed by atoms with E-state index in [1.165, 1.54) is 56.0 Å². The van der Waals surface area contributed by atoms with Crippen LogP contribution in [0.15, 0.2) is 29.1 Å². The minimum atomic E-state index is 0.0219. The summed E-state index contributed by atoms with van der Waals surface area (Å²) in [6.07, 6.45) is 11.5. The lowest BCUT2D eigenvalue weighted by Crippen LogP contribution is -2.44. The molecule has 1 aliphatic heterocycles. The van der Waals surface area contributed by atoms with Crippen molar-refractivity contribution in [2.24, 2.45) is 11.7 Å². The maximum absolute atomic E-state index is 12.8. The second-order valence-electron chi connectivity index (χ2n) is 10.3. The van der Waals surface area contributed by atoms with E-state index < -0.39 is 0 Å². The van der Waals surface area contributed by atoms with Crippen LogP contribution < -0.4 is 11.3 Å². The fourth-order valence-corrected chi connectivity index (χ4v) is 6.08. The van der Waals surface area contributed by atoms with Crippen molar-refractivity contribution in [1.82, 2.24) is 9.88 Å². The molecule has 0 spiro atoms. The first-order valence-corrected chi connectivity index (χ1v) is 12.7. The summed E-state index contributed by atoms with van der Waals surface area (Å²) in [5, 5.41) is 8.94. The number of amidine groups is 1. The number of aromatic nitrogens is 1. The van der Waals surface area contributed by atoms with Crippen LogP contribution in [0.5, 0.6) is 0 Å². The van der Waals surface area contributed by atoms with E-state index in [0.29, 0.717) is 0 Å². The molecule has 4 atom stereocenters. The molecule has 2 aromatic rings. The average Bonchev–Trinajstić information content (AvgIpc) is 3.25. The molecule has 1 saturated carbocycles. The molecule has 0 bridgehead atoms. The van der Waals surface area contributed by atoms with Crippen LogP contribution in [0.1, 0.15) is 88.7 Å². The number of nitrogens with one attached hydrogen (secondary N) is 2. The number of benzene rings is 1. The zero-order valence-electron chi connectivity index (χ0n) is 19.8. The third-order valence-electron chi connectivity index (χ3n) is 8.06. The van der Waals surface area contributed by atoms with Crippen LogP contribution in [0.2, 0.25) is 0 Å². The predicted octanol–water partition coefficient (Wildman–Crippen LogP) is 5.32. The molecule has 32 heavy (non-hydrogen) atoms. The average molecular weight is 437 g/mol. The molecular formula is C27H40N4O. The Kier molecular flexibility index (Phi) is 7.34. The quantitative estimate of drug-likeness (QED) is 0.297. The highest BCUT2D eigenvalue weighted by Gasteiger charge is 2.29. The Labute approximate surface area is 192 Å². The smallest absolute Gasteiger partial charge is 0.251 e. The molecule has 1 aromatic heterocycles. The van der Waals surface area contributed by atoms with Crippen LogP contribution in [0, 0.1) is 11.3 Å². The lowest BCUT2D eigenvalue weighted by atomic mass is 9.94. The van der Waals surface area contributed by atoms with Gasteiger partial charge in [-0.05, 0) is 95.4 Å². The molecule has 5 nitrogen and oxygen atoms in total. The molecule has 2 aliphatic rings. The van der Waals surface area contributed by atoms with E-state index in [2.05, 4.69) is 41.9 Å². The summed E-state index contributed by atoms with van der Waals surface area (Å²) >= 11 is 0. The van der Waals surface area contributed by atoms with E-state index in [-0.39, 0.29) is 23.2 Å². The molecular weight excluding hydrogens is 396 g/mol. The van der Waals surface area contributed by atoms with Crippen molar-refractivity contribution >= 4 is 16.7 Å². The summed E-state index contributed by atoms with van der Waals surface area (Å²) in [6.45, 7) is 5.98. The first kappa shape index (κ1) is 23.0. The van der Waals surface area contributed by atoms with Crippen molar-refractivity contribution < 1.29 is 0 Å². The van der Waals surface area contributed by atoms with E-state index in [9.17, 15) is 4.79 Å². The number of pyridine rings is 1. The summed E-state index contributed by atoms with van der Waals surface area (Å²) in [7, 11) is 0. The molecule has 1 aromatic carbocycles. The molecule has 0 radical (unpaired) electrons. The number of H-pyrrole nitrogens is 1. The van der Waals surface area contributed by atoms with E-state index >= 15 is 0 Å². The Morgan fingerprint density at radius 1 is 1.12 bits per heavy atom. The number of nitrogens with zero attached hydrogens (tertiary/aromatic N) is 1. The second kappa shape index (κ2) is 10.2. The zero-order chi connectivity index (χ0) is 22.7. The third kappa shape index (κ3) is 5.09. The van der Waals surface area contributed by atoms with Gasteiger partial charge in [0.1, 0.15) is 0 Å². The number of likely N-dealkylation sites (tertiary alicyclic amines) is 1. The molecule has 1 saturated heterocycles. The van der Waals surface area contributed by atoms with Gasteiger partial charge in [-0.25, -0.2) is 0 Å². The van der Waals surface area contributed by atoms with Crippen molar-refractivity contribution in [3.05, 3.63) is 45.7 Å². The monoisotopic (exact) mass is 436 g/mol. The maximum Gasteiger partial charge on any atom is 0.251 e. The van der Waals surface area contributed by atoms with E-state index in [1.807, 2.05) is 6.07 Å². The summed E-state index contributed by atoms with van der Waals surface area (Å²) in [6, 6.07) is 9.87. The van der Waals surface area contributed by atoms with Crippen molar-refractivity contribution in [2.45, 2.75) is 96.1 Å². The van der Waals surface area contributed by atoms with Crippen LogP contribution in [0.3, 0.4) is 0 Å². The van der Waals surface area contributed by atoms with Gasteiger partial charge >= 0.3 is 0 Å². The number of aromatic amines is 1. The van der Waals surface area contributed by atoms with Crippen LogP contribution in [0.25, 0.3) is 10.9 Å². The molecule has 0 amide bonds. The lowest BCUT2D eigenvalue weighted by molar-refractivity contribution is 0.101. The van der Waals surface area contributed by atoms with E-state index in [0.717, 1.165) is 48.8 Å². The fourth-order valence-electron chi connectivity index (χ4n) is 6.08. The summed E-state index contributed by atoms with van der Waals surface area (Å²) in [4.78, 5) is 18.6. The van der Waals surface area contributed by atoms with Crippen molar-refractivity contribution in [3.63, 3.8) is 0 Å². The van der Waals surface area contributed by atoms with Gasteiger partial charge in [0, 0.05) is 34.5 Å². The molecule has 2 heterocycles. The minimum absolute atomic E-state index is 0.0219. The predicted molar refractivity (Wildman–Crippen MR) is 134 cm³/mol. The number of hydrogen-bond donors (Lipinski definition) is 3. The summed E-state index contributed by atoms with van der Waals surface area (Å²) in [5.74, 6) is 0.591. The van der Waals surface area contributed by atoms with Crippen LogP contribution in [0.4, 0.5) is 0 Å². The van der Waals surface area contributed by atoms with Crippen LogP contribution in [-0.4, -0.2) is 34.3 Å². The standard InChI is InChI=1S/C27H40N4O/c1-18-8-6-9-19(2)31(18)15-5-3-4-10-20-11-7-12-25-23(20)17-24(27(32)30-25)21-13-14-22(16-21)26(28)29/h7,11-12,17-19,21-22H,3-6,8-10,13-16H2,1-2H3,(H3,28,29)(H,30,32)/t18-,19+,21?,22?. The third-order valence-corrected chi connectivity index (χ3v) is 8.06. The summed E-state index contributed by atoms with van der Waals surface area (Å²) < 4.78 is 0. The van der Waals surface area contributed by atoms with Crippen molar-refractivity contribution in [2.75, 3.05) is 6.54 Å². The van der Waals surface area contributed by atoms with Gasteiger partial charge in [0.15, 0.2) is 0 Å². The Hall–Kier alpha value is -2.14. The Morgan fingerprint density at radius 3 is 2.62 bits per heavy atom. The first-order chi connectivity index (χ1) is 15.4. The molecule has 2 unspecified atom stereocenters. The lowest BCUT2D eigenvalue weighted by Gasteiger charge is -2.39. The normalized spacial score (nSPS) is 26.6. The maximum atomic E-state index is 12.8. The van der Waals surface area contributed by atoms with Crippen LogP contribution >= 0.6 is 0 Å². The number of unbranched alkanes of at least 4 members (excludes halogenated alkanes) is 2. The van der Waals surface area contributed by atoms with Gasteiger partial charge in [-0.2, -0.15) is 0 Å². The fraction of sp³-hybridized carbons (Fsp3) is 0.630. The van der Waals surface area contributed by atoms with Gasteiger partial charge in [0.05, 0.1) is 5.84 Å². The number of hydrogen-bond acceptors (Lipinski definition) is 3. The number of piperidine rings is 1. The number of aryl methyl sites for hydroxylation is 1. The van der Waals surface area contributed by atoms with Gasteiger partial charge in [-0.15, -0.1) is 0 Å². The van der Waals surface area contributed by atoms with Gasteiger partial charge < -0.3 is 10.7 Å². The Morgan fingerprint density at radius 2 is 1.91 bits per heavy atom. The van der Waals surface area contributed by atoms with E-state index in [1.54, 1.807) is 0 Å². The van der Waals surface area contributed by atoms with Gasteiger partial charge in [-0.3, -0.25) is 15.1 Å². The second-order valence-corrected chi connectivity index (χ2v) is 10.3. The molecule has 4 N–H and O–H groups in total. The van der Waals surface area contributed by atoms with E-state index in [4.69, 9.17) is 11.1 Å². The number of nitrogens with two attached hydrogens (primary N) is 1. The molecule has 5 heteroatoms.